The van der Waals surface area contributed by atoms with Crippen molar-refractivity contribution in [2.45, 2.75) is 56.2 Å². The van der Waals surface area contributed by atoms with Crippen LogP contribution in [0.25, 0.3) is 0 Å². The summed E-state index contributed by atoms with van der Waals surface area (Å²) in [4.78, 5) is 27.3. The third-order valence-corrected chi connectivity index (χ3v) is 7.27. The molecule has 5 heteroatoms. The van der Waals surface area contributed by atoms with Gasteiger partial charge in [-0.25, -0.2) is 0 Å². The number of nitrogens with one attached hydrogen (secondary N) is 1. The van der Waals surface area contributed by atoms with Crippen LogP contribution in [0.15, 0.2) is 24.3 Å². The molecule has 0 bridgehead atoms. The minimum absolute atomic E-state index is 0.136. The maximum absolute atomic E-state index is 12.7. The summed E-state index contributed by atoms with van der Waals surface area (Å²) >= 11 is 1.61. The summed E-state index contributed by atoms with van der Waals surface area (Å²) in [6.45, 7) is 1.70. The minimum atomic E-state index is -0.304. The summed E-state index contributed by atoms with van der Waals surface area (Å²) in [7, 11) is 0. The molecule has 1 unspecified atom stereocenters. The first kappa shape index (κ1) is 18.1. The number of ketones is 1. The molecule has 140 valence electrons. The van der Waals surface area contributed by atoms with Gasteiger partial charge in [0.05, 0.1) is 5.25 Å². The molecule has 1 amide bonds. The van der Waals surface area contributed by atoms with Crippen LogP contribution in [0.1, 0.15) is 43.2 Å². The molecule has 2 atom stereocenters. The Labute approximate surface area is 160 Å². The summed E-state index contributed by atoms with van der Waals surface area (Å²) in [5.74, 6) is 1.78. The van der Waals surface area contributed by atoms with E-state index in [1.54, 1.807) is 11.8 Å². The molecule has 0 saturated carbocycles. The van der Waals surface area contributed by atoms with Crippen LogP contribution in [0.3, 0.4) is 0 Å². The predicted octanol–water partition coefficient (Wildman–Crippen LogP) is 2.79. The highest BCUT2D eigenvalue weighted by Crippen LogP contribution is 2.31. The average molecular weight is 373 g/mol. The number of likely N-dealkylation sites (tertiary alicyclic amines) is 1. The second kappa shape index (κ2) is 8.13. The Morgan fingerprint density at radius 3 is 2.50 bits per heavy atom. The normalized spacial score (nSPS) is 25.6. The number of benzene rings is 1. The smallest absolute Gasteiger partial charge is 0.241 e. The lowest BCUT2D eigenvalue weighted by Crippen LogP contribution is -2.48. The molecule has 2 saturated heterocycles. The van der Waals surface area contributed by atoms with Crippen molar-refractivity contribution >= 4 is 23.5 Å². The molecule has 4 nitrogen and oxygen atoms in total. The Morgan fingerprint density at radius 2 is 1.81 bits per heavy atom. The van der Waals surface area contributed by atoms with Gasteiger partial charge in [0.15, 0.2) is 0 Å². The number of nitrogens with zero attached hydrogens (tertiary/aromatic N) is 1. The van der Waals surface area contributed by atoms with Crippen molar-refractivity contribution in [1.29, 1.82) is 0 Å². The number of fused-ring (bicyclic) bond motifs is 1. The SMILES string of the molecule is O=C(CCCC1Cc2ccccc2C1)C1SCN[C@@H]1C(=O)N1CCCC1. The van der Waals surface area contributed by atoms with Gasteiger partial charge in [-0.05, 0) is 55.6 Å². The minimum Gasteiger partial charge on any atom is -0.341 e. The van der Waals surface area contributed by atoms with Crippen LogP contribution in [0.2, 0.25) is 0 Å². The quantitative estimate of drug-likeness (QED) is 0.834. The number of hydrogen-bond acceptors (Lipinski definition) is 4. The molecule has 1 aliphatic carbocycles. The Kier molecular flexibility index (Phi) is 5.65. The van der Waals surface area contributed by atoms with E-state index in [2.05, 4.69) is 29.6 Å². The second-order valence-corrected chi connectivity index (χ2v) is 8.98. The first-order valence-corrected chi connectivity index (χ1v) is 11.0. The summed E-state index contributed by atoms with van der Waals surface area (Å²) in [5, 5.41) is 3.07. The summed E-state index contributed by atoms with van der Waals surface area (Å²) in [6, 6.07) is 8.40. The van der Waals surface area contributed by atoms with Crippen LogP contribution >= 0.6 is 11.8 Å². The largest absolute Gasteiger partial charge is 0.341 e. The Balaban J connectivity index is 1.25. The number of Topliss-reactive ketones (excluding diaryl/α,β-unsaturated/α-hetero) is 1. The number of amides is 1. The lowest BCUT2D eigenvalue weighted by atomic mass is 9.96. The molecule has 2 fully saturated rings. The van der Waals surface area contributed by atoms with Gasteiger partial charge in [-0.2, -0.15) is 0 Å². The van der Waals surface area contributed by atoms with Crippen LogP contribution in [0.5, 0.6) is 0 Å². The van der Waals surface area contributed by atoms with Crippen LogP contribution in [0.4, 0.5) is 0 Å². The molecule has 4 rings (SSSR count). The van der Waals surface area contributed by atoms with Crippen molar-refractivity contribution in [3.8, 4) is 0 Å². The van der Waals surface area contributed by atoms with E-state index in [9.17, 15) is 9.59 Å². The van der Waals surface area contributed by atoms with Gasteiger partial charge in [0.2, 0.25) is 5.91 Å². The van der Waals surface area contributed by atoms with Gasteiger partial charge < -0.3 is 4.90 Å². The van der Waals surface area contributed by atoms with Crippen molar-refractivity contribution < 1.29 is 9.59 Å². The lowest BCUT2D eigenvalue weighted by Gasteiger charge is -2.23. The average Bonchev–Trinajstić information content (AvgIpc) is 3.40. The monoisotopic (exact) mass is 372 g/mol. The number of carbonyl (C=O) groups is 2. The van der Waals surface area contributed by atoms with Crippen molar-refractivity contribution in [3.63, 3.8) is 0 Å². The zero-order valence-electron chi connectivity index (χ0n) is 15.3. The van der Waals surface area contributed by atoms with Crippen LogP contribution in [-0.4, -0.2) is 46.8 Å². The molecule has 0 radical (unpaired) electrons. The summed E-state index contributed by atoms with van der Waals surface area (Å²) < 4.78 is 0. The fourth-order valence-corrected chi connectivity index (χ4v) is 5.79. The molecule has 1 aromatic rings. The Hall–Kier alpha value is -1.33. The summed E-state index contributed by atoms with van der Waals surface area (Å²) in [5.41, 5.74) is 2.96. The van der Waals surface area contributed by atoms with Gasteiger partial charge in [0.1, 0.15) is 11.8 Å². The van der Waals surface area contributed by atoms with Crippen LogP contribution < -0.4 is 5.32 Å². The van der Waals surface area contributed by atoms with E-state index in [1.807, 2.05) is 4.90 Å². The van der Waals surface area contributed by atoms with E-state index in [0.717, 1.165) is 51.6 Å². The number of rotatable bonds is 6. The zero-order chi connectivity index (χ0) is 17.9. The standard InChI is InChI=1S/C21H28N2O2S/c24-18(9-5-6-15-12-16-7-1-2-8-17(16)13-15)20-19(22-14-26-20)21(25)23-10-3-4-11-23/h1-2,7-8,15,19-20,22H,3-6,9-14H2/t19-,20?/m0/s1. The highest BCUT2D eigenvalue weighted by Gasteiger charge is 2.40. The fourth-order valence-electron chi connectivity index (χ4n) is 4.62. The van der Waals surface area contributed by atoms with Gasteiger partial charge in [-0.1, -0.05) is 24.3 Å². The van der Waals surface area contributed by atoms with E-state index in [1.165, 1.54) is 11.1 Å². The van der Waals surface area contributed by atoms with Gasteiger partial charge >= 0.3 is 0 Å². The first-order chi connectivity index (χ1) is 12.7. The third-order valence-electron chi connectivity index (χ3n) is 6.04. The van der Waals surface area contributed by atoms with E-state index >= 15 is 0 Å². The van der Waals surface area contributed by atoms with Crippen molar-refractivity contribution in [2.75, 3.05) is 19.0 Å². The van der Waals surface area contributed by atoms with E-state index in [0.29, 0.717) is 18.2 Å². The molecule has 1 aromatic carbocycles. The van der Waals surface area contributed by atoms with E-state index < -0.39 is 0 Å². The lowest BCUT2D eigenvalue weighted by molar-refractivity contribution is -0.134. The topological polar surface area (TPSA) is 49.4 Å². The van der Waals surface area contributed by atoms with Crippen molar-refractivity contribution in [2.24, 2.45) is 5.92 Å². The molecule has 0 aromatic heterocycles. The number of carbonyl (C=O) groups excluding carboxylic acids is 2. The van der Waals surface area contributed by atoms with E-state index in [4.69, 9.17) is 0 Å². The number of hydrogen-bond donors (Lipinski definition) is 1. The van der Waals surface area contributed by atoms with Crippen LogP contribution in [0, 0.1) is 5.92 Å². The van der Waals surface area contributed by atoms with Gasteiger partial charge in [-0.15, -0.1) is 11.8 Å². The van der Waals surface area contributed by atoms with Gasteiger partial charge in [0, 0.05) is 25.4 Å². The molecule has 0 spiro atoms. The predicted molar refractivity (Wildman–Crippen MR) is 105 cm³/mol. The van der Waals surface area contributed by atoms with Crippen molar-refractivity contribution in [1.82, 2.24) is 10.2 Å². The molecular weight excluding hydrogens is 344 g/mol. The number of thioether (sulfide) groups is 1. The molecular formula is C21H28N2O2S. The maximum Gasteiger partial charge on any atom is 0.241 e. The molecule has 2 aliphatic heterocycles. The molecule has 26 heavy (non-hydrogen) atoms. The second-order valence-electron chi connectivity index (χ2n) is 7.85. The van der Waals surface area contributed by atoms with Gasteiger partial charge in [-0.3, -0.25) is 14.9 Å². The van der Waals surface area contributed by atoms with E-state index in [-0.39, 0.29) is 23.0 Å². The van der Waals surface area contributed by atoms with Crippen LogP contribution in [-0.2, 0) is 22.4 Å². The highest BCUT2D eigenvalue weighted by atomic mass is 32.2. The highest BCUT2D eigenvalue weighted by molar-refractivity contribution is 8.00. The maximum atomic E-state index is 12.7. The zero-order valence-corrected chi connectivity index (χ0v) is 16.1. The molecule has 2 heterocycles. The third kappa shape index (κ3) is 3.84. The van der Waals surface area contributed by atoms with Gasteiger partial charge in [0.25, 0.3) is 0 Å². The Bertz CT molecular complexity index is 647. The fraction of sp³-hybridized carbons (Fsp3) is 0.619. The summed E-state index contributed by atoms with van der Waals surface area (Å²) in [6.07, 6.45) is 7.15. The molecule has 1 N–H and O–H groups in total. The first-order valence-electron chi connectivity index (χ1n) is 9.95. The molecule has 3 aliphatic rings. The Morgan fingerprint density at radius 1 is 1.12 bits per heavy atom. The van der Waals surface area contributed by atoms with Crippen molar-refractivity contribution in [3.05, 3.63) is 35.4 Å².